The van der Waals surface area contributed by atoms with E-state index in [4.69, 9.17) is 10.5 Å². The van der Waals surface area contributed by atoms with Crippen LogP contribution in [0.25, 0.3) is 5.69 Å². The van der Waals surface area contributed by atoms with Gasteiger partial charge in [0, 0.05) is 24.0 Å². The zero-order chi connectivity index (χ0) is 14.5. The molecule has 0 aliphatic heterocycles. The van der Waals surface area contributed by atoms with Crippen LogP contribution in [0.3, 0.4) is 0 Å². The summed E-state index contributed by atoms with van der Waals surface area (Å²) in [4.78, 5) is 11.6. The summed E-state index contributed by atoms with van der Waals surface area (Å²) in [6, 6.07) is 9.21. The Kier molecular flexibility index (Phi) is 4.53. The molecule has 20 heavy (non-hydrogen) atoms. The Morgan fingerprint density at radius 3 is 2.90 bits per heavy atom. The number of esters is 1. The Bertz CT molecular complexity index is 595. The van der Waals surface area contributed by atoms with Crippen molar-refractivity contribution in [2.24, 2.45) is 5.73 Å². The molecule has 0 aliphatic rings. The normalized spacial score (nSPS) is 12.2. The second-order valence-electron chi connectivity index (χ2n) is 4.41. The predicted molar refractivity (Wildman–Crippen MR) is 74.0 cm³/mol. The first kappa shape index (κ1) is 14.3. The minimum Gasteiger partial charge on any atom is -0.465 e. The molecule has 1 heterocycles. The second-order valence-corrected chi connectivity index (χ2v) is 4.41. The van der Waals surface area contributed by atoms with Crippen LogP contribution in [0.5, 0.6) is 0 Å². The first-order chi connectivity index (χ1) is 9.61. The first-order valence-electron chi connectivity index (χ1n) is 6.46. The number of rotatable bonds is 5. The number of carbonyl (C=O) groups excluding carboxylic acids is 1. The zero-order valence-electron chi connectivity index (χ0n) is 11.3. The van der Waals surface area contributed by atoms with Gasteiger partial charge in [-0.2, -0.15) is 0 Å². The lowest BCUT2D eigenvalue weighted by Crippen LogP contribution is -2.34. The molecule has 1 aromatic heterocycles. The van der Waals surface area contributed by atoms with E-state index in [0.29, 0.717) is 18.7 Å². The number of hydrogen-bond acceptors (Lipinski definition) is 3. The number of ether oxygens (including phenoxy) is 1. The minimum atomic E-state index is -0.725. The molecule has 106 valence electrons. The number of nitrogens with zero attached hydrogens (tertiary/aromatic N) is 1. The molecule has 1 aromatic carbocycles. The van der Waals surface area contributed by atoms with Crippen LogP contribution in [0, 0.1) is 5.82 Å². The van der Waals surface area contributed by atoms with Gasteiger partial charge in [0.2, 0.25) is 0 Å². The molecule has 0 saturated carbocycles. The molecule has 2 N–H and O–H groups in total. The van der Waals surface area contributed by atoms with E-state index in [0.717, 1.165) is 5.69 Å². The molecule has 1 atom stereocenters. The maximum Gasteiger partial charge on any atom is 0.323 e. The number of nitrogens with two attached hydrogens (primary N) is 1. The zero-order valence-corrected chi connectivity index (χ0v) is 11.3. The molecule has 0 bridgehead atoms. The van der Waals surface area contributed by atoms with E-state index in [1.807, 2.05) is 22.9 Å². The van der Waals surface area contributed by atoms with E-state index in [1.165, 1.54) is 12.1 Å². The highest BCUT2D eigenvalue weighted by molar-refractivity contribution is 5.75. The largest absolute Gasteiger partial charge is 0.465 e. The molecule has 0 radical (unpaired) electrons. The van der Waals surface area contributed by atoms with Gasteiger partial charge >= 0.3 is 5.97 Å². The van der Waals surface area contributed by atoms with Crippen LogP contribution in [0.1, 0.15) is 12.6 Å². The van der Waals surface area contributed by atoms with Crippen molar-refractivity contribution in [3.8, 4) is 5.69 Å². The van der Waals surface area contributed by atoms with Gasteiger partial charge in [0.05, 0.1) is 6.61 Å². The molecule has 0 spiro atoms. The summed E-state index contributed by atoms with van der Waals surface area (Å²) in [7, 11) is 0. The number of aromatic nitrogens is 1. The highest BCUT2D eigenvalue weighted by Gasteiger charge is 2.17. The fourth-order valence-corrected chi connectivity index (χ4v) is 2.02. The van der Waals surface area contributed by atoms with Crippen molar-refractivity contribution in [1.29, 1.82) is 0 Å². The summed E-state index contributed by atoms with van der Waals surface area (Å²) >= 11 is 0. The quantitative estimate of drug-likeness (QED) is 0.850. The van der Waals surface area contributed by atoms with Crippen LogP contribution in [0.15, 0.2) is 42.6 Å². The van der Waals surface area contributed by atoms with E-state index < -0.39 is 12.0 Å². The van der Waals surface area contributed by atoms with Gasteiger partial charge in [-0.1, -0.05) is 6.07 Å². The average molecular weight is 276 g/mol. The number of carbonyl (C=O) groups is 1. The molecule has 4 nitrogen and oxygen atoms in total. The van der Waals surface area contributed by atoms with Crippen molar-refractivity contribution < 1.29 is 13.9 Å². The standard InChI is InChI=1S/C15H17FN2O2/c1-2-20-15(19)14(17)10-13-7-4-8-18(13)12-6-3-5-11(16)9-12/h3-9,14H,2,10,17H2,1H3. The summed E-state index contributed by atoms with van der Waals surface area (Å²) in [6.07, 6.45) is 2.14. The summed E-state index contributed by atoms with van der Waals surface area (Å²) in [5.74, 6) is -0.740. The molecule has 0 amide bonds. The van der Waals surface area contributed by atoms with Crippen molar-refractivity contribution in [2.45, 2.75) is 19.4 Å². The summed E-state index contributed by atoms with van der Waals surface area (Å²) in [5.41, 5.74) is 7.33. The maximum atomic E-state index is 13.3. The lowest BCUT2D eigenvalue weighted by Gasteiger charge is -2.13. The van der Waals surface area contributed by atoms with E-state index in [1.54, 1.807) is 19.1 Å². The highest BCUT2D eigenvalue weighted by atomic mass is 19.1. The van der Waals surface area contributed by atoms with Gasteiger partial charge in [-0.05, 0) is 37.3 Å². The minimum absolute atomic E-state index is 0.303. The van der Waals surface area contributed by atoms with Crippen LogP contribution >= 0.6 is 0 Å². The summed E-state index contributed by atoms with van der Waals surface area (Å²) < 4.78 is 20.0. The van der Waals surface area contributed by atoms with Gasteiger partial charge in [-0.15, -0.1) is 0 Å². The third kappa shape index (κ3) is 3.24. The fourth-order valence-electron chi connectivity index (χ4n) is 2.02. The van der Waals surface area contributed by atoms with Crippen molar-refractivity contribution >= 4 is 5.97 Å². The van der Waals surface area contributed by atoms with Crippen LogP contribution in [0.4, 0.5) is 4.39 Å². The molecular weight excluding hydrogens is 259 g/mol. The van der Waals surface area contributed by atoms with E-state index >= 15 is 0 Å². The SMILES string of the molecule is CCOC(=O)C(N)Cc1cccn1-c1cccc(F)c1. The van der Waals surface area contributed by atoms with Gasteiger partial charge in [0.1, 0.15) is 11.9 Å². The third-order valence-corrected chi connectivity index (χ3v) is 2.94. The topological polar surface area (TPSA) is 57.2 Å². The van der Waals surface area contributed by atoms with E-state index in [9.17, 15) is 9.18 Å². The molecular formula is C15H17FN2O2. The Hall–Kier alpha value is -2.14. The molecule has 2 aromatic rings. The van der Waals surface area contributed by atoms with Crippen molar-refractivity contribution in [3.05, 3.63) is 54.1 Å². The van der Waals surface area contributed by atoms with Crippen molar-refractivity contribution in [3.63, 3.8) is 0 Å². The molecule has 5 heteroatoms. The Morgan fingerprint density at radius 1 is 1.40 bits per heavy atom. The van der Waals surface area contributed by atoms with Crippen molar-refractivity contribution in [2.75, 3.05) is 6.61 Å². The number of hydrogen-bond donors (Lipinski definition) is 1. The fraction of sp³-hybridized carbons (Fsp3) is 0.267. The maximum absolute atomic E-state index is 13.3. The van der Waals surface area contributed by atoms with Gasteiger partial charge in [-0.25, -0.2) is 4.39 Å². The van der Waals surface area contributed by atoms with E-state index in [-0.39, 0.29) is 5.82 Å². The monoisotopic (exact) mass is 276 g/mol. The summed E-state index contributed by atoms with van der Waals surface area (Å²) in [5, 5.41) is 0. The van der Waals surface area contributed by atoms with Crippen LogP contribution < -0.4 is 5.73 Å². The molecule has 1 unspecified atom stereocenters. The lowest BCUT2D eigenvalue weighted by molar-refractivity contribution is -0.144. The van der Waals surface area contributed by atoms with Gasteiger partial charge in [0.25, 0.3) is 0 Å². The lowest BCUT2D eigenvalue weighted by atomic mass is 10.1. The van der Waals surface area contributed by atoms with Gasteiger partial charge < -0.3 is 15.0 Å². The first-order valence-corrected chi connectivity index (χ1v) is 6.46. The van der Waals surface area contributed by atoms with Gasteiger partial charge in [-0.3, -0.25) is 4.79 Å². The number of benzene rings is 1. The van der Waals surface area contributed by atoms with Gasteiger partial charge in [0.15, 0.2) is 0 Å². The predicted octanol–water partition coefficient (Wildman–Crippen LogP) is 2.05. The average Bonchev–Trinajstić information content (AvgIpc) is 2.87. The third-order valence-electron chi connectivity index (χ3n) is 2.94. The molecule has 0 saturated heterocycles. The Balaban J connectivity index is 2.19. The number of halogens is 1. The molecule has 0 aliphatic carbocycles. The van der Waals surface area contributed by atoms with Crippen molar-refractivity contribution in [1.82, 2.24) is 4.57 Å². The molecule has 0 fully saturated rings. The Labute approximate surface area is 117 Å². The van der Waals surface area contributed by atoms with E-state index in [2.05, 4.69) is 0 Å². The smallest absolute Gasteiger partial charge is 0.323 e. The Morgan fingerprint density at radius 2 is 2.20 bits per heavy atom. The van der Waals surface area contributed by atoms with Crippen LogP contribution in [-0.4, -0.2) is 23.2 Å². The molecule has 2 rings (SSSR count). The summed E-state index contributed by atoms with van der Waals surface area (Å²) in [6.45, 7) is 2.04. The second kappa shape index (κ2) is 6.34. The van der Waals surface area contributed by atoms with Crippen LogP contribution in [0.2, 0.25) is 0 Å². The van der Waals surface area contributed by atoms with Crippen LogP contribution in [-0.2, 0) is 16.0 Å². The highest BCUT2D eigenvalue weighted by Crippen LogP contribution is 2.15.